The van der Waals surface area contributed by atoms with Crippen molar-refractivity contribution in [3.63, 3.8) is 0 Å². The van der Waals surface area contributed by atoms with Gasteiger partial charge >= 0.3 is 23.9 Å². The van der Waals surface area contributed by atoms with Crippen LogP contribution >= 0.6 is 0 Å². The van der Waals surface area contributed by atoms with E-state index in [4.69, 9.17) is 28.4 Å². The van der Waals surface area contributed by atoms with Crippen molar-refractivity contribution in [1.82, 2.24) is 4.57 Å². The summed E-state index contributed by atoms with van der Waals surface area (Å²) in [6.07, 6.45) is -3.60. The van der Waals surface area contributed by atoms with Crippen LogP contribution in [0.15, 0.2) is 54.7 Å². The Labute approximate surface area is 256 Å². The van der Waals surface area contributed by atoms with Gasteiger partial charge in [-0.2, -0.15) is 0 Å². The van der Waals surface area contributed by atoms with Crippen LogP contribution in [0.25, 0.3) is 10.9 Å². The molecule has 236 valence electrons. The molecular formula is C33H39NO10. The summed E-state index contributed by atoms with van der Waals surface area (Å²) in [5, 5.41) is 0.860. The number of para-hydroxylation sites is 1. The smallest absolute Gasteiger partial charge is 0.303 e. The minimum Gasteiger partial charge on any atom is -0.463 e. The molecular weight excluding hydrogens is 570 g/mol. The van der Waals surface area contributed by atoms with Crippen molar-refractivity contribution in [1.29, 1.82) is 0 Å². The summed E-state index contributed by atoms with van der Waals surface area (Å²) in [5.74, 6) is -2.63. The van der Waals surface area contributed by atoms with Crippen molar-refractivity contribution in [3.05, 3.63) is 71.4 Å². The van der Waals surface area contributed by atoms with Crippen molar-refractivity contribution >= 4 is 34.8 Å². The number of aromatic nitrogens is 1. The van der Waals surface area contributed by atoms with Crippen molar-refractivity contribution in [2.75, 3.05) is 13.2 Å². The molecule has 1 saturated heterocycles. The normalized spacial score (nSPS) is 22.2. The summed E-state index contributed by atoms with van der Waals surface area (Å²) in [4.78, 5) is 48.6. The third-order valence-corrected chi connectivity index (χ3v) is 7.32. The van der Waals surface area contributed by atoms with Crippen LogP contribution in [0, 0.1) is 0 Å². The summed E-state index contributed by atoms with van der Waals surface area (Å²) in [6.45, 7) is 8.98. The van der Waals surface area contributed by atoms with E-state index < -0.39 is 60.6 Å². The number of esters is 4. The molecule has 0 amide bonds. The maximum atomic E-state index is 12.4. The molecule has 44 heavy (non-hydrogen) atoms. The van der Waals surface area contributed by atoms with Crippen LogP contribution in [0.5, 0.6) is 0 Å². The molecule has 4 rings (SSSR count). The lowest BCUT2D eigenvalue weighted by atomic mass is 9.97. The van der Waals surface area contributed by atoms with Gasteiger partial charge in [0.05, 0.1) is 5.52 Å². The molecule has 11 heteroatoms. The molecule has 0 aliphatic carbocycles. The molecule has 0 bridgehead atoms. The fraction of sp³-hybridized carbons (Fsp3) is 0.455. The van der Waals surface area contributed by atoms with Crippen LogP contribution in [0.4, 0.5) is 0 Å². The van der Waals surface area contributed by atoms with Crippen molar-refractivity contribution in [2.24, 2.45) is 0 Å². The number of benzene rings is 2. The first kappa shape index (κ1) is 32.7. The number of rotatable bonds is 11. The van der Waals surface area contributed by atoms with Gasteiger partial charge in [-0.3, -0.25) is 19.2 Å². The Morgan fingerprint density at radius 3 is 2.00 bits per heavy atom. The molecule has 0 N–H and O–H groups in total. The first-order valence-electron chi connectivity index (χ1n) is 14.6. The lowest BCUT2D eigenvalue weighted by Crippen LogP contribution is -2.60. The number of carbonyl (C=O) groups is 4. The number of carbonyl (C=O) groups excluding carboxylic acids is 4. The summed E-state index contributed by atoms with van der Waals surface area (Å²) in [5.41, 5.74) is 3.70. The highest BCUT2D eigenvalue weighted by Crippen LogP contribution is 2.40. The van der Waals surface area contributed by atoms with Gasteiger partial charge in [0.2, 0.25) is 0 Å². The first-order chi connectivity index (χ1) is 21.0. The first-order valence-corrected chi connectivity index (χ1v) is 14.6. The molecule has 11 nitrogen and oxygen atoms in total. The van der Waals surface area contributed by atoms with E-state index in [1.807, 2.05) is 49.5 Å². The molecule has 1 aromatic heterocycles. The van der Waals surface area contributed by atoms with Gasteiger partial charge in [-0.15, -0.1) is 0 Å². The maximum Gasteiger partial charge on any atom is 0.303 e. The highest BCUT2D eigenvalue weighted by Gasteiger charge is 2.53. The van der Waals surface area contributed by atoms with E-state index in [2.05, 4.69) is 19.1 Å². The Balaban J connectivity index is 1.90. The Morgan fingerprint density at radius 1 is 0.795 bits per heavy atom. The lowest BCUT2D eigenvalue weighted by molar-refractivity contribution is -0.267. The third kappa shape index (κ3) is 7.46. The van der Waals surface area contributed by atoms with Crippen molar-refractivity contribution in [3.8, 4) is 0 Å². The van der Waals surface area contributed by atoms with Crippen LogP contribution in [0.3, 0.4) is 0 Å². The summed E-state index contributed by atoms with van der Waals surface area (Å²) in [6, 6.07) is 15.8. The van der Waals surface area contributed by atoms with Gasteiger partial charge in [-0.1, -0.05) is 49.4 Å². The van der Waals surface area contributed by atoms with E-state index in [0.29, 0.717) is 6.61 Å². The number of nitrogens with zero attached hydrogens (tertiary/aromatic N) is 1. The third-order valence-electron chi connectivity index (χ3n) is 7.32. The number of hydrogen-bond donors (Lipinski definition) is 0. The predicted octanol–water partition coefficient (Wildman–Crippen LogP) is 4.59. The van der Waals surface area contributed by atoms with E-state index >= 15 is 0 Å². The highest BCUT2D eigenvalue weighted by atomic mass is 16.7. The van der Waals surface area contributed by atoms with Gasteiger partial charge in [0, 0.05) is 51.4 Å². The maximum absolute atomic E-state index is 12.4. The predicted molar refractivity (Wildman–Crippen MR) is 158 cm³/mol. The molecule has 0 saturated carbocycles. The second-order valence-corrected chi connectivity index (χ2v) is 10.5. The molecule has 1 aliphatic heterocycles. The average Bonchev–Trinajstić information content (AvgIpc) is 3.35. The molecule has 6 atom stereocenters. The van der Waals surface area contributed by atoms with Crippen molar-refractivity contribution < 1.29 is 47.6 Å². The summed E-state index contributed by atoms with van der Waals surface area (Å²) < 4.78 is 36.7. The monoisotopic (exact) mass is 609 g/mol. The largest absolute Gasteiger partial charge is 0.463 e. The minimum absolute atomic E-state index is 0.314. The fourth-order valence-electron chi connectivity index (χ4n) is 5.54. The van der Waals surface area contributed by atoms with E-state index in [1.54, 1.807) is 4.57 Å². The zero-order valence-corrected chi connectivity index (χ0v) is 25.8. The van der Waals surface area contributed by atoms with E-state index in [1.165, 1.54) is 33.3 Å². The number of fused-ring (bicyclic) bond motifs is 1. The fourth-order valence-corrected chi connectivity index (χ4v) is 5.54. The van der Waals surface area contributed by atoms with Gasteiger partial charge in [0.25, 0.3) is 0 Å². The topological polar surface area (TPSA) is 129 Å². The Bertz CT molecular complexity index is 1480. The van der Waals surface area contributed by atoms with Gasteiger partial charge < -0.3 is 33.0 Å². The Morgan fingerprint density at radius 2 is 1.41 bits per heavy atom. The average molecular weight is 610 g/mol. The van der Waals surface area contributed by atoms with Gasteiger partial charge in [-0.05, 0) is 30.5 Å². The van der Waals surface area contributed by atoms with E-state index in [0.717, 1.165) is 28.5 Å². The van der Waals surface area contributed by atoms with Gasteiger partial charge in [-0.25, -0.2) is 0 Å². The van der Waals surface area contributed by atoms with E-state index in [-0.39, 0.29) is 6.61 Å². The number of ether oxygens (including phenoxy) is 6. The van der Waals surface area contributed by atoms with Gasteiger partial charge in [0.15, 0.2) is 24.5 Å². The minimum atomic E-state index is -1.28. The van der Waals surface area contributed by atoms with Crippen LogP contribution < -0.4 is 0 Å². The zero-order chi connectivity index (χ0) is 32.0. The lowest BCUT2D eigenvalue weighted by Gasteiger charge is -2.44. The quantitative estimate of drug-likeness (QED) is 0.225. The molecule has 1 aliphatic rings. The van der Waals surface area contributed by atoms with Crippen LogP contribution in [0.2, 0.25) is 0 Å². The standard InChI is InChI=1S/C33H39NO10/c1-7-23-13-15-24(16-14-23)29(39-8-2)26-17-34(27-12-10-9-11-25(26)27)33-32(43-22(6)38)31(42-21(5)37)30(41-20(4)36)28(44-33)18-40-19(3)35/h9-17,28-33H,7-8,18H2,1-6H3/t28-,29?,30-,31+,32-,33?/m1/s1. The highest BCUT2D eigenvalue weighted by molar-refractivity contribution is 5.85. The van der Waals surface area contributed by atoms with Crippen LogP contribution in [0.1, 0.15) is 70.6 Å². The second-order valence-electron chi connectivity index (χ2n) is 10.5. The molecule has 2 aromatic carbocycles. The molecule has 3 aromatic rings. The number of aryl methyl sites for hydroxylation is 1. The molecule has 2 unspecified atom stereocenters. The summed E-state index contributed by atoms with van der Waals surface area (Å²) in [7, 11) is 0. The molecule has 2 heterocycles. The van der Waals surface area contributed by atoms with Crippen LogP contribution in [-0.4, -0.2) is 66.1 Å². The van der Waals surface area contributed by atoms with Crippen molar-refractivity contribution in [2.45, 2.75) is 84.7 Å². The number of hydrogen-bond acceptors (Lipinski definition) is 10. The molecule has 0 spiro atoms. The van der Waals surface area contributed by atoms with Crippen LogP contribution in [-0.2, 0) is 54.0 Å². The Kier molecular flexibility index (Phi) is 10.8. The SMILES string of the molecule is CCOC(c1ccc(CC)cc1)c1cn(C2O[C@H](COC(C)=O)[C@@H](OC(C)=O)[C@H](OC(C)=O)[C@H]2OC(C)=O)c2ccccc12. The second kappa shape index (κ2) is 14.5. The van der Waals surface area contributed by atoms with E-state index in [9.17, 15) is 19.2 Å². The Hall–Kier alpha value is -4.22. The zero-order valence-electron chi connectivity index (χ0n) is 25.8. The molecule has 1 fully saturated rings. The molecule has 0 radical (unpaired) electrons. The summed E-state index contributed by atoms with van der Waals surface area (Å²) >= 11 is 0. The van der Waals surface area contributed by atoms with Gasteiger partial charge in [0.1, 0.15) is 18.8 Å².